The highest BCUT2D eigenvalue weighted by molar-refractivity contribution is 9.10. The molecule has 3 aromatic rings. The Morgan fingerprint density at radius 3 is 2.44 bits per heavy atom. The van der Waals surface area contributed by atoms with E-state index in [1.165, 1.54) is 12.1 Å². The minimum Gasteiger partial charge on any atom is -0.488 e. The van der Waals surface area contributed by atoms with E-state index in [0.29, 0.717) is 12.3 Å². The van der Waals surface area contributed by atoms with Crippen molar-refractivity contribution in [2.45, 2.75) is 6.61 Å². The molecule has 27 heavy (non-hydrogen) atoms. The van der Waals surface area contributed by atoms with Crippen LogP contribution in [-0.2, 0) is 6.61 Å². The van der Waals surface area contributed by atoms with E-state index in [0.717, 1.165) is 21.3 Å². The molecule has 6 nitrogen and oxygen atoms in total. The summed E-state index contributed by atoms with van der Waals surface area (Å²) in [5.74, 6) is 0.717. The zero-order valence-corrected chi connectivity index (χ0v) is 15.8. The van der Waals surface area contributed by atoms with Crippen molar-refractivity contribution in [3.8, 4) is 5.75 Å². The third-order valence-electron chi connectivity index (χ3n) is 3.70. The van der Waals surface area contributed by atoms with Crippen LogP contribution >= 0.6 is 15.9 Å². The molecule has 1 N–H and O–H groups in total. The monoisotopic (exact) mass is 425 g/mol. The minimum absolute atomic E-state index is 0.0382. The van der Waals surface area contributed by atoms with Gasteiger partial charge in [0.1, 0.15) is 12.4 Å². The second kappa shape index (κ2) is 8.95. The first kappa shape index (κ1) is 18.6. The molecular formula is C20H16BrN3O3. The molecule has 0 spiro atoms. The van der Waals surface area contributed by atoms with Gasteiger partial charge in [-0.1, -0.05) is 40.2 Å². The number of ether oxygens (including phenoxy) is 1. The average Bonchev–Trinajstić information content (AvgIpc) is 2.69. The molecule has 0 saturated carbocycles. The Labute approximate surface area is 164 Å². The van der Waals surface area contributed by atoms with Gasteiger partial charge in [0.05, 0.1) is 16.8 Å². The SMILES string of the molecule is O=[N+]([O-])c1ccc(N/N=C/c2ccccc2OCc2ccc(Br)cc2)cc1. The van der Waals surface area contributed by atoms with Crippen molar-refractivity contribution >= 4 is 33.5 Å². The van der Waals surface area contributed by atoms with Crippen LogP contribution in [0.25, 0.3) is 0 Å². The predicted octanol–water partition coefficient (Wildman–Crippen LogP) is 5.38. The van der Waals surface area contributed by atoms with Crippen molar-refractivity contribution in [3.05, 3.63) is 98.5 Å². The van der Waals surface area contributed by atoms with Gasteiger partial charge in [0.25, 0.3) is 5.69 Å². The van der Waals surface area contributed by atoms with E-state index >= 15 is 0 Å². The molecule has 3 aromatic carbocycles. The molecule has 0 unspecified atom stereocenters. The minimum atomic E-state index is -0.438. The van der Waals surface area contributed by atoms with Gasteiger partial charge >= 0.3 is 0 Å². The largest absolute Gasteiger partial charge is 0.488 e. The lowest BCUT2D eigenvalue weighted by Gasteiger charge is -2.09. The van der Waals surface area contributed by atoms with E-state index in [-0.39, 0.29) is 5.69 Å². The number of hydrogen-bond acceptors (Lipinski definition) is 5. The fourth-order valence-electron chi connectivity index (χ4n) is 2.29. The van der Waals surface area contributed by atoms with Crippen molar-refractivity contribution in [3.63, 3.8) is 0 Å². The van der Waals surface area contributed by atoms with Gasteiger partial charge < -0.3 is 4.74 Å². The molecule has 3 rings (SSSR count). The number of nitrogens with one attached hydrogen (secondary N) is 1. The number of nitro groups is 1. The van der Waals surface area contributed by atoms with Crippen LogP contribution in [0.1, 0.15) is 11.1 Å². The molecule has 0 saturated heterocycles. The molecular weight excluding hydrogens is 410 g/mol. The summed E-state index contributed by atoms with van der Waals surface area (Å²) in [6.45, 7) is 0.452. The molecule has 0 aliphatic rings. The van der Waals surface area contributed by atoms with Crippen LogP contribution in [-0.4, -0.2) is 11.1 Å². The number of rotatable bonds is 7. The van der Waals surface area contributed by atoms with Crippen LogP contribution < -0.4 is 10.2 Å². The quantitative estimate of drug-likeness (QED) is 0.313. The zero-order valence-electron chi connectivity index (χ0n) is 14.2. The first-order chi connectivity index (χ1) is 13.1. The Bertz CT molecular complexity index is 941. The Hall–Kier alpha value is -3.19. The fourth-order valence-corrected chi connectivity index (χ4v) is 2.56. The molecule has 0 radical (unpaired) electrons. The molecule has 0 heterocycles. The topological polar surface area (TPSA) is 76.8 Å². The number of hydrogen-bond donors (Lipinski definition) is 1. The van der Waals surface area contributed by atoms with E-state index in [2.05, 4.69) is 26.5 Å². The van der Waals surface area contributed by atoms with Gasteiger partial charge in [-0.15, -0.1) is 0 Å². The van der Waals surface area contributed by atoms with Gasteiger partial charge in [-0.25, -0.2) is 0 Å². The van der Waals surface area contributed by atoms with Crippen LogP contribution in [0.5, 0.6) is 5.75 Å². The standard InChI is InChI=1S/C20H16BrN3O3/c21-17-7-5-15(6-8-17)14-27-20-4-2-1-3-16(20)13-22-23-18-9-11-19(12-10-18)24(25)26/h1-13,23H,14H2/b22-13+. The number of hydrazone groups is 1. The molecule has 136 valence electrons. The van der Waals surface area contributed by atoms with Crippen LogP contribution in [0.2, 0.25) is 0 Å². The number of halogens is 1. The third-order valence-corrected chi connectivity index (χ3v) is 4.23. The summed E-state index contributed by atoms with van der Waals surface area (Å²) < 4.78 is 6.92. The lowest BCUT2D eigenvalue weighted by atomic mass is 10.2. The van der Waals surface area contributed by atoms with Gasteiger partial charge in [0.2, 0.25) is 0 Å². The number of anilines is 1. The number of non-ortho nitro benzene ring substituents is 1. The summed E-state index contributed by atoms with van der Waals surface area (Å²) in [5.41, 5.74) is 5.44. The fraction of sp³-hybridized carbons (Fsp3) is 0.0500. The van der Waals surface area contributed by atoms with E-state index in [4.69, 9.17) is 4.74 Å². The second-order valence-electron chi connectivity index (χ2n) is 5.63. The molecule has 0 bridgehead atoms. The molecule has 0 atom stereocenters. The maximum atomic E-state index is 10.7. The number of para-hydroxylation sites is 1. The summed E-state index contributed by atoms with van der Waals surface area (Å²) in [7, 11) is 0. The molecule has 0 aromatic heterocycles. The van der Waals surface area contributed by atoms with Gasteiger partial charge in [0.15, 0.2) is 0 Å². The van der Waals surface area contributed by atoms with Crippen molar-refractivity contribution < 1.29 is 9.66 Å². The molecule has 0 fully saturated rings. The van der Waals surface area contributed by atoms with Crippen LogP contribution in [0.4, 0.5) is 11.4 Å². The summed E-state index contributed by atoms with van der Waals surface area (Å²) in [6.07, 6.45) is 1.65. The highest BCUT2D eigenvalue weighted by Gasteiger charge is 2.04. The highest BCUT2D eigenvalue weighted by atomic mass is 79.9. The van der Waals surface area contributed by atoms with E-state index in [9.17, 15) is 10.1 Å². The van der Waals surface area contributed by atoms with Gasteiger partial charge in [-0.3, -0.25) is 15.5 Å². The summed E-state index contributed by atoms with van der Waals surface area (Å²) in [5, 5.41) is 14.9. The Morgan fingerprint density at radius 2 is 1.74 bits per heavy atom. The van der Waals surface area contributed by atoms with Crippen LogP contribution in [0, 0.1) is 10.1 Å². The summed E-state index contributed by atoms with van der Waals surface area (Å²) >= 11 is 3.41. The second-order valence-corrected chi connectivity index (χ2v) is 6.54. The maximum Gasteiger partial charge on any atom is 0.269 e. The Balaban J connectivity index is 1.63. The third kappa shape index (κ3) is 5.39. The Morgan fingerprint density at radius 1 is 1.04 bits per heavy atom. The summed E-state index contributed by atoms with van der Waals surface area (Å²) in [6, 6.07) is 21.6. The van der Waals surface area contributed by atoms with Crippen molar-refractivity contribution in [1.82, 2.24) is 0 Å². The van der Waals surface area contributed by atoms with Gasteiger partial charge in [0, 0.05) is 22.2 Å². The lowest BCUT2D eigenvalue weighted by molar-refractivity contribution is -0.384. The van der Waals surface area contributed by atoms with Crippen molar-refractivity contribution in [1.29, 1.82) is 0 Å². The molecule has 0 aliphatic heterocycles. The smallest absolute Gasteiger partial charge is 0.269 e. The Kier molecular flexibility index (Phi) is 6.17. The maximum absolute atomic E-state index is 10.7. The zero-order chi connectivity index (χ0) is 19.1. The molecule has 0 amide bonds. The highest BCUT2D eigenvalue weighted by Crippen LogP contribution is 2.19. The molecule has 7 heteroatoms. The predicted molar refractivity (Wildman–Crippen MR) is 109 cm³/mol. The lowest BCUT2D eigenvalue weighted by Crippen LogP contribution is -1.99. The van der Waals surface area contributed by atoms with Gasteiger partial charge in [-0.2, -0.15) is 5.10 Å². The van der Waals surface area contributed by atoms with E-state index < -0.39 is 4.92 Å². The average molecular weight is 426 g/mol. The van der Waals surface area contributed by atoms with Gasteiger partial charge in [-0.05, 0) is 42.0 Å². The van der Waals surface area contributed by atoms with Crippen molar-refractivity contribution in [2.75, 3.05) is 5.43 Å². The normalized spacial score (nSPS) is 10.7. The van der Waals surface area contributed by atoms with Crippen LogP contribution in [0.15, 0.2) is 82.4 Å². The van der Waals surface area contributed by atoms with Crippen molar-refractivity contribution in [2.24, 2.45) is 5.10 Å². The van der Waals surface area contributed by atoms with E-state index in [1.807, 2.05) is 48.5 Å². The van der Waals surface area contributed by atoms with Crippen LogP contribution in [0.3, 0.4) is 0 Å². The first-order valence-electron chi connectivity index (χ1n) is 8.11. The molecule has 0 aliphatic carbocycles. The van der Waals surface area contributed by atoms with E-state index in [1.54, 1.807) is 18.3 Å². The summed E-state index contributed by atoms with van der Waals surface area (Å²) in [4.78, 5) is 10.2. The first-order valence-corrected chi connectivity index (χ1v) is 8.91. The number of nitrogens with zero attached hydrogens (tertiary/aromatic N) is 2. The number of nitro benzene ring substituents is 1. The number of benzene rings is 3.